The van der Waals surface area contributed by atoms with E-state index in [1.807, 2.05) is 0 Å². The Hall–Kier alpha value is -3.18. The molecule has 3 N–H and O–H groups in total. The number of amides is 2. The molecule has 2 amide bonds. The maximum Gasteiger partial charge on any atom is 0.286 e. The lowest BCUT2D eigenvalue weighted by Crippen LogP contribution is -2.05. The second-order valence-corrected chi connectivity index (χ2v) is 8.29. The number of nitrogen functional groups attached to an aromatic ring is 1. The van der Waals surface area contributed by atoms with Gasteiger partial charge in [-0.05, 0) is 24.3 Å². The molecule has 0 saturated carbocycles. The van der Waals surface area contributed by atoms with Crippen LogP contribution in [0.15, 0.2) is 40.9 Å². The Labute approximate surface area is 152 Å². The van der Waals surface area contributed by atoms with Crippen LogP contribution < -0.4 is 11.1 Å². The van der Waals surface area contributed by atoms with Gasteiger partial charge in [0.25, 0.3) is 5.91 Å². The van der Waals surface area contributed by atoms with Crippen LogP contribution >= 0.6 is 0 Å². The molecule has 8 heteroatoms. The lowest BCUT2D eigenvalue weighted by molar-refractivity contribution is -0.114. The largest absolute Gasteiger partial charge is 0.383 e. The van der Waals surface area contributed by atoms with Crippen LogP contribution in [0.2, 0.25) is 0 Å². The zero-order chi connectivity index (χ0) is 19.3. The van der Waals surface area contributed by atoms with Crippen LogP contribution in [0.5, 0.6) is 0 Å². The molecule has 0 aliphatic heterocycles. The van der Waals surface area contributed by atoms with Gasteiger partial charge in [0.2, 0.25) is 5.91 Å². The summed E-state index contributed by atoms with van der Waals surface area (Å²) in [5, 5.41) is 2.67. The number of nitrogens with two attached hydrogens (primary N) is 1. The third-order valence-electron chi connectivity index (χ3n) is 2.99. The Morgan fingerprint density at radius 3 is 2.62 bits per heavy atom. The molecule has 2 aromatic rings. The van der Waals surface area contributed by atoms with Crippen LogP contribution in [-0.4, -0.2) is 33.5 Å². The van der Waals surface area contributed by atoms with Crippen LogP contribution in [0.1, 0.15) is 28.4 Å². The van der Waals surface area contributed by atoms with Gasteiger partial charge in [-0.15, -0.1) is 0 Å². The average molecular weight is 370 g/mol. The molecule has 0 unspecified atom stereocenters. The highest BCUT2D eigenvalue weighted by atomic mass is 32.2. The van der Waals surface area contributed by atoms with E-state index in [-0.39, 0.29) is 17.3 Å². The Bertz CT molecular complexity index is 1050. The molecule has 0 radical (unpaired) electrons. The molecule has 26 heavy (non-hydrogen) atoms. The molecule has 2 rings (SSSR count). The summed E-state index contributed by atoms with van der Waals surface area (Å²) in [6.07, 6.45) is 4.02. The molecule has 1 aromatic carbocycles. The topological polar surface area (TPSA) is 115 Å². The van der Waals surface area contributed by atoms with E-state index in [2.05, 4.69) is 26.5 Å². The molecule has 0 fully saturated rings. The van der Waals surface area contributed by atoms with Crippen LogP contribution in [-0.2, 0) is 14.5 Å². The van der Waals surface area contributed by atoms with Crippen molar-refractivity contribution in [1.82, 2.24) is 4.98 Å². The molecular weight excluding hydrogens is 352 g/mol. The maximum atomic E-state index is 12.0. The van der Waals surface area contributed by atoms with Crippen LogP contribution in [0.3, 0.4) is 0 Å². The summed E-state index contributed by atoms with van der Waals surface area (Å²) >= 11 is 0. The maximum absolute atomic E-state index is 12.0. The lowest BCUT2D eigenvalue weighted by Gasteiger charge is -2.02. The molecule has 0 aliphatic carbocycles. The van der Waals surface area contributed by atoms with Gasteiger partial charge >= 0.3 is 0 Å². The van der Waals surface area contributed by atoms with E-state index in [9.17, 15) is 13.8 Å². The van der Waals surface area contributed by atoms with Crippen molar-refractivity contribution >= 4 is 33.0 Å². The summed E-state index contributed by atoms with van der Waals surface area (Å²) in [4.78, 5) is 27.1. The minimum Gasteiger partial charge on any atom is -0.383 e. The van der Waals surface area contributed by atoms with Crippen LogP contribution in [0, 0.1) is 11.8 Å². The highest BCUT2D eigenvalue weighted by molar-refractivity contribution is 7.92. The number of rotatable bonds is 2. The molecule has 0 atom stereocenters. The highest BCUT2D eigenvalue weighted by Crippen LogP contribution is 2.13. The van der Waals surface area contributed by atoms with Crippen molar-refractivity contribution in [2.45, 2.75) is 6.92 Å². The summed E-state index contributed by atoms with van der Waals surface area (Å²) in [5.41, 5.74) is 7.60. The zero-order valence-electron chi connectivity index (χ0n) is 14.6. The number of nitrogens with one attached hydrogen (secondary N) is 1. The number of hydrogen-bond acceptors (Lipinski definition) is 5. The average Bonchev–Trinajstić information content (AvgIpc) is 2.52. The number of carbonyl (C=O) groups excluding carboxylic acids is 2. The predicted octanol–water partition coefficient (Wildman–Crippen LogP) is 1.89. The minimum atomic E-state index is -2.57. The van der Waals surface area contributed by atoms with E-state index in [0.29, 0.717) is 16.8 Å². The van der Waals surface area contributed by atoms with Gasteiger partial charge in [0.15, 0.2) is 0 Å². The number of hydrogen-bond donors (Lipinski definition) is 2. The Morgan fingerprint density at radius 1 is 1.23 bits per heavy atom. The summed E-state index contributed by atoms with van der Waals surface area (Å²) in [6, 6.07) is 8.45. The van der Waals surface area contributed by atoms with Crippen molar-refractivity contribution in [3.63, 3.8) is 0 Å². The SMILES string of the molecule is CC(=O)Nc1cccc(C#Cc2cc(C(=O)N=S(C)(C)=O)cnc2N)c1. The number of anilines is 2. The van der Waals surface area contributed by atoms with Crippen molar-refractivity contribution in [3.05, 3.63) is 53.2 Å². The first kappa shape index (κ1) is 19.1. The molecule has 0 spiro atoms. The third-order valence-corrected chi connectivity index (χ3v) is 3.60. The summed E-state index contributed by atoms with van der Waals surface area (Å²) in [6.45, 7) is 1.42. The molecule has 0 bridgehead atoms. The number of aromatic nitrogens is 1. The third kappa shape index (κ3) is 5.72. The van der Waals surface area contributed by atoms with E-state index < -0.39 is 15.6 Å². The van der Waals surface area contributed by atoms with Crippen molar-refractivity contribution < 1.29 is 13.8 Å². The van der Waals surface area contributed by atoms with Crippen molar-refractivity contribution in [2.24, 2.45) is 4.36 Å². The zero-order valence-corrected chi connectivity index (χ0v) is 15.4. The van der Waals surface area contributed by atoms with Crippen molar-refractivity contribution in [1.29, 1.82) is 0 Å². The molecule has 1 heterocycles. The second-order valence-electron chi connectivity index (χ2n) is 5.75. The molecule has 134 valence electrons. The highest BCUT2D eigenvalue weighted by Gasteiger charge is 2.09. The number of pyridine rings is 1. The fourth-order valence-corrected chi connectivity index (χ4v) is 2.47. The van der Waals surface area contributed by atoms with Gasteiger partial charge in [0, 0.05) is 46.6 Å². The van der Waals surface area contributed by atoms with Crippen LogP contribution in [0.4, 0.5) is 11.5 Å². The number of benzene rings is 1. The van der Waals surface area contributed by atoms with Crippen LogP contribution in [0.25, 0.3) is 0 Å². The van der Waals surface area contributed by atoms with E-state index >= 15 is 0 Å². The Kier molecular flexibility index (Phi) is 5.75. The van der Waals surface area contributed by atoms with E-state index in [0.717, 1.165) is 0 Å². The summed E-state index contributed by atoms with van der Waals surface area (Å²) < 4.78 is 15.3. The first-order valence-corrected chi connectivity index (χ1v) is 9.84. The second kappa shape index (κ2) is 7.80. The Balaban J connectivity index is 2.35. The fourth-order valence-electron chi connectivity index (χ4n) is 1.96. The van der Waals surface area contributed by atoms with Gasteiger partial charge in [0.05, 0.1) is 11.1 Å². The number of carbonyl (C=O) groups is 2. The van der Waals surface area contributed by atoms with E-state index in [1.54, 1.807) is 24.3 Å². The number of nitrogens with zero attached hydrogens (tertiary/aromatic N) is 2. The monoisotopic (exact) mass is 370 g/mol. The normalized spacial score (nSPS) is 10.4. The lowest BCUT2D eigenvalue weighted by atomic mass is 10.1. The van der Waals surface area contributed by atoms with E-state index in [1.165, 1.54) is 31.7 Å². The molecule has 1 aromatic heterocycles. The predicted molar refractivity (Wildman–Crippen MR) is 102 cm³/mol. The molecular formula is C18H18N4O3S. The summed E-state index contributed by atoms with van der Waals surface area (Å²) in [5.74, 6) is 5.12. The van der Waals surface area contributed by atoms with Gasteiger partial charge in [-0.2, -0.15) is 4.36 Å². The molecule has 0 saturated heterocycles. The quantitative estimate of drug-likeness (QED) is 0.784. The van der Waals surface area contributed by atoms with Gasteiger partial charge in [-0.25, -0.2) is 9.19 Å². The molecule has 7 nitrogen and oxygen atoms in total. The smallest absolute Gasteiger partial charge is 0.286 e. The van der Waals surface area contributed by atoms with Gasteiger partial charge in [-0.3, -0.25) is 9.59 Å². The van der Waals surface area contributed by atoms with Crippen molar-refractivity contribution in [3.8, 4) is 11.8 Å². The fraction of sp³-hybridized carbons (Fsp3) is 0.167. The first-order valence-electron chi connectivity index (χ1n) is 7.51. The van der Waals surface area contributed by atoms with E-state index in [4.69, 9.17) is 5.73 Å². The Morgan fingerprint density at radius 2 is 1.96 bits per heavy atom. The van der Waals surface area contributed by atoms with Gasteiger partial charge in [-0.1, -0.05) is 17.9 Å². The van der Waals surface area contributed by atoms with Crippen molar-refractivity contribution in [2.75, 3.05) is 23.6 Å². The standard InChI is InChI=1S/C18H18N4O3S/c1-12(23)21-16-6-4-5-13(9-16)7-8-14-10-15(11-20-17(14)19)18(24)22-26(2,3)25/h4-6,9-11H,1-3H3,(H2,19,20)(H,21,23). The van der Waals surface area contributed by atoms with Gasteiger partial charge in [0.1, 0.15) is 5.82 Å². The molecule has 0 aliphatic rings. The van der Waals surface area contributed by atoms with Gasteiger partial charge < -0.3 is 11.1 Å². The summed E-state index contributed by atoms with van der Waals surface area (Å²) in [7, 11) is -2.57. The first-order chi connectivity index (χ1) is 12.1. The minimum absolute atomic E-state index is 0.159.